The number of aromatic amines is 1. The summed E-state index contributed by atoms with van der Waals surface area (Å²) in [6.45, 7) is 3.17. The second-order valence-electron chi connectivity index (χ2n) is 4.88. The second kappa shape index (κ2) is 7.93. The number of rotatable bonds is 5. The van der Waals surface area contributed by atoms with Crippen molar-refractivity contribution in [2.45, 2.75) is 26.2 Å². The van der Waals surface area contributed by atoms with Crippen LogP contribution in [-0.2, 0) is 9.53 Å². The Labute approximate surface area is 133 Å². The fraction of sp³-hybridized carbons (Fsp3) is 0.500. The number of hydrogen-bond donors (Lipinski definition) is 2. The minimum Gasteiger partial charge on any atom is -0.461 e. The Morgan fingerprint density at radius 1 is 1.48 bits per heavy atom. The lowest BCUT2D eigenvalue weighted by molar-refractivity contribution is -0.134. The molecule has 2 rings (SSSR count). The number of nitriles is 1. The molecule has 0 radical (unpaired) electrons. The minimum absolute atomic E-state index is 0.140. The molecule has 122 valence electrons. The van der Waals surface area contributed by atoms with Crippen LogP contribution in [-0.4, -0.2) is 52.2 Å². The van der Waals surface area contributed by atoms with Gasteiger partial charge in [0.15, 0.2) is 5.82 Å². The summed E-state index contributed by atoms with van der Waals surface area (Å²) < 4.78 is 4.70. The standard InChI is InChI=1S/C14H18N6O3/c1-2-23-14(22)10(8-15)18-19-12-11(16-9-17-12)13(21)20-6-4-3-5-7-20/h9,19H,2-7H2,1H3,(H,16,17)/b18-10+. The quantitative estimate of drug-likeness (QED) is 0.472. The molecule has 23 heavy (non-hydrogen) atoms. The van der Waals surface area contributed by atoms with Gasteiger partial charge in [-0.05, 0) is 26.2 Å². The molecule has 0 bridgehead atoms. The predicted molar refractivity (Wildman–Crippen MR) is 81.6 cm³/mol. The summed E-state index contributed by atoms with van der Waals surface area (Å²) >= 11 is 0. The van der Waals surface area contributed by atoms with Crippen molar-refractivity contribution in [2.75, 3.05) is 25.1 Å². The lowest BCUT2D eigenvalue weighted by atomic mass is 10.1. The van der Waals surface area contributed by atoms with Gasteiger partial charge in [-0.1, -0.05) is 0 Å². The number of hydrogen-bond acceptors (Lipinski definition) is 7. The molecule has 0 unspecified atom stereocenters. The van der Waals surface area contributed by atoms with Gasteiger partial charge in [0.25, 0.3) is 5.91 Å². The van der Waals surface area contributed by atoms with Gasteiger partial charge in [0.2, 0.25) is 5.71 Å². The highest BCUT2D eigenvalue weighted by atomic mass is 16.5. The molecule has 2 N–H and O–H groups in total. The topological polar surface area (TPSA) is 123 Å². The first-order chi connectivity index (χ1) is 11.2. The number of carbonyl (C=O) groups excluding carboxylic acids is 2. The summed E-state index contributed by atoms with van der Waals surface area (Å²) in [4.78, 5) is 32.4. The summed E-state index contributed by atoms with van der Waals surface area (Å²) in [6.07, 6.45) is 4.42. The molecule has 0 aromatic carbocycles. The van der Waals surface area contributed by atoms with E-state index in [2.05, 4.69) is 20.5 Å². The molecule has 0 atom stereocenters. The van der Waals surface area contributed by atoms with Crippen molar-refractivity contribution in [1.29, 1.82) is 5.26 Å². The number of anilines is 1. The zero-order valence-corrected chi connectivity index (χ0v) is 12.8. The van der Waals surface area contributed by atoms with Gasteiger partial charge in [-0.3, -0.25) is 10.2 Å². The molecular formula is C14H18N6O3. The number of likely N-dealkylation sites (tertiary alicyclic amines) is 1. The third-order valence-electron chi connectivity index (χ3n) is 3.34. The van der Waals surface area contributed by atoms with Crippen molar-refractivity contribution in [3.05, 3.63) is 12.0 Å². The molecule has 9 nitrogen and oxygen atoms in total. The van der Waals surface area contributed by atoms with Crippen molar-refractivity contribution < 1.29 is 14.3 Å². The van der Waals surface area contributed by atoms with Crippen molar-refractivity contribution in [2.24, 2.45) is 5.10 Å². The summed E-state index contributed by atoms with van der Waals surface area (Å²) in [5.74, 6) is -0.853. The number of esters is 1. The zero-order valence-electron chi connectivity index (χ0n) is 12.8. The molecule has 0 aliphatic carbocycles. The predicted octanol–water partition coefficient (Wildman–Crippen LogP) is 0.890. The van der Waals surface area contributed by atoms with Crippen molar-refractivity contribution >= 4 is 23.4 Å². The van der Waals surface area contributed by atoms with Crippen molar-refractivity contribution in [1.82, 2.24) is 14.9 Å². The van der Waals surface area contributed by atoms with E-state index in [1.54, 1.807) is 17.9 Å². The summed E-state index contributed by atoms with van der Waals surface area (Å²) in [6, 6.07) is 1.64. The molecule has 1 aromatic rings. The first-order valence-electron chi connectivity index (χ1n) is 7.41. The van der Waals surface area contributed by atoms with Crippen LogP contribution in [0.25, 0.3) is 0 Å². The number of amides is 1. The van der Waals surface area contributed by atoms with Crippen LogP contribution >= 0.6 is 0 Å². The molecule has 1 saturated heterocycles. The Hall–Kier alpha value is -2.89. The lowest BCUT2D eigenvalue weighted by Crippen LogP contribution is -2.36. The van der Waals surface area contributed by atoms with E-state index in [0.717, 1.165) is 19.3 Å². The average molecular weight is 318 g/mol. The van der Waals surface area contributed by atoms with E-state index >= 15 is 0 Å². The Bertz CT molecular complexity index is 639. The van der Waals surface area contributed by atoms with E-state index in [1.807, 2.05) is 0 Å². The van der Waals surface area contributed by atoms with Gasteiger partial charge in [0.05, 0.1) is 12.9 Å². The number of piperidine rings is 1. The summed E-state index contributed by atoms with van der Waals surface area (Å²) in [5.41, 5.74) is 2.29. The Kier molecular flexibility index (Phi) is 5.68. The largest absolute Gasteiger partial charge is 0.461 e. The fourth-order valence-corrected chi connectivity index (χ4v) is 2.22. The van der Waals surface area contributed by atoms with Crippen molar-refractivity contribution in [3.8, 4) is 6.07 Å². The second-order valence-corrected chi connectivity index (χ2v) is 4.88. The van der Waals surface area contributed by atoms with Crippen LogP contribution in [0, 0.1) is 11.3 Å². The first-order valence-corrected chi connectivity index (χ1v) is 7.41. The zero-order chi connectivity index (χ0) is 16.7. The monoisotopic (exact) mass is 318 g/mol. The number of aromatic nitrogens is 2. The number of H-pyrrole nitrogens is 1. The van der Waals surface area contributed by atoms with E-state index in [9.17, 15) is 9.59 Å². The Balaban J connectivity index is 2.10. The molecule has 2 heterocycles. The van der Waals surface area contributed by atoms with Crippen LogP contribution in [0.4, 0.5) is 5.82 Å². The van der Waals surface area contributed by atoms with E-state index in [0.29, 0.717) is 13.1 Å². The van der Waals surface area contributed by atoms with E-state index in [4.69, 9.17) is 10.00 Å². The molecule has 0 saturated carbocycles. The maximum atomic E-state index is 12.4. The van der Waals surface area contributed by atoms with Gasteiger partial charge >= 0.3 is 5.97 Å². The number of ether oxygens (including phenoxy) is 1. The third-order valence-corrected chi connectivity index (χ3v) is 3.34. The lowest BCUT2D eigenvalue weighted by Gasteiger charge is -2.26. The molecule has 0 spiro atoms. The third kappa shape index (κ3) is 4.06. The van der Waals surface area contributed by atoms with Gasteiger partial charge < -0.3 is 14.6 Å². The maximum Gasteiger partial charge on any atom is 0.369 e. The highest BCUT2D eigenvalue weighted by Gasteiger charge is 2.23. The molecular weight excluding hydrogens is 300 g/mol. The Morgan fingerprint density at radius 3 is 2.87 bits per heavy atom. The van der Waals surface area contributed by atoms with Crippen LogP contribution in [0.3, 0.4) is 0 Å². The first kappa shape index (κ1) is 16.5. The number of nitrogens with one attached hydrogen (secondary N) is 2. The fourth-order valence-electron chi connectivity index (χ4n) is 2.22. The van der Waals surface area contributed by atoms with Gasteiger partial charge in [0.1, 0.15) is 11.8 Å². The minimum atomic E-state index is -0.832. The molecule has 1 aromatic heterocycles. The van der Waals surface area contributed by atoms with E-state index in [-0.39, 0.29) is 24.0 Å². The van der Waals surface area contributed by atoms with Crippen LogP contribution in [0.5, 0.6) is 0 Å². The summed E-state index contributed by atoms with van der Waals surface area (Å²) in [7, 11) is 0. The SMILES string of the molecule is CCOC(=O)/C(C#N)=N/Nc1nc[nH]c1C(=O)N1CCCCC1. The Morgan fingerprint density at radius 2 is 2.22 bits per heavy atom. The molecule has 9 heteroatoms. The smallest absolute Gasteiger partial charge is 0.369 e. The van der Waals surface area contributed by atoms with Crippen LogP contribution in [0.2, 0.25) is 0 Å². The van der Waals surface area contributed by atoms with E-state index < -0.39 is 11.7 Å². The van der Waals surface area contributed by atoms with Crippen molar-refractivity contribution in [3.63, 3.8) is 0 Å². The highest BCUT2D eigenvalue weighted by molar-refractivity contribution is 6.43. The number of nitrogens with zero attached hydrogens (tertiary/aromatic N) is 4. The van der Waals surface area contributed by atoms with Gasteiger partial charge in [-0.2, -0.15) is 10.4 Å². The summed E-state index contributed by atoms with van der Waals surface area (Å²) in [5, 5.41) is 12.6. The van der Waals surface area contributed by atoms with Gasteiger partial charge in [0, 0.05) is 13.1 Å². The normalized spacial score (nSPS) is 15.0. The molecule has 1 amide bonds. The highest BCUT2D eigenvalue weighted by Crippen LogP contribution is 2.16. The molecule has 1 fully saturated rings. The molecule has 1 aliphatic rings. The van der Waals surface area contributed by atoms with Crippen LogP contribution < -0.4 is 5.43 Å². The number of carbonyl (C=O) groups is 2. The number of imidazole rings is 1. The maximum absolute atomic E-state index is 12.4. The number of hydrazone groups is 1. The average Bonchev–Trinajstić information content (AvgIpc) is 3.04. The van der Waals surface area contributed by atoms with Crippen LogP contribution in [0.15, 0.2) is 11.4 Å². The van der Waals surface area contributed by atoms with Gasteiger partial charge in [-0.25, -0.2) is 9.78 Å². The van der Waals surface area contributed by atoms with Gasteiger partial charge in [-0.15, -0.1) is 0 Å². The van der Waals surface area contributed by atoms with Crippen LogP contribution in [0.1, 0.15) is 36.7 Å². The molecule has 1 aliphatic heterocycles. The van der Waals surface area contributed by atoms with E-state index in [1.165, 1.54) is 6.33 Å².